The van der Waals surface area contributed by atoms with Crippen LogP contribution < -0.4 is 10.6 Å². The van der Waals surface area contributed by atoms with E-state index in [4.69, 9.17) is 4.74 Å². The Balaban J connectivity index is 0.986. The number of nitrogens with one attached hydrogen (secondary N) is 4. The summed E-state index contributed by atoms with van der Waals surface area (Å²) in [7, 11) is 0. The Labute approximate surface area is 210 Å². The van der Waals surface area contributed by atoms with Gasteiger partial charge in [-0.15, -0.1) is 10.2 Å². The van der Waals surface area contributed by atoms with Gasteiger partial charge in [-0.25, -0.2) is 0 Å². The van der Waals surface area contributed by atoms with Gasteiger partial charge < -0.3 is 20.4 Å². The molecule has 0 saturated heterocycles. The number of hydrogen-bond acceptors (Lipinski definition) is 6. The first-order valence-corrected chi connectivity index (χ1v) is 12.0. The number of H-pyrrole nitrogens is 2. The topological polar surface area (TPSA) is 108 Å². The Morgan fingerprint density at radius 3 is 2.65 bits per heavy atom. The Hall–Kier alpha value is -3.90. The maximum atomic E-state index is 12.9. The van der Waals surface area contributed by atoms with Crippen LogP contribution in [0.5, 0.6) is 0 Å². The van der Waals surface area contributed by atoms with Crippen molar-refractivity contribution in [1.29, 1.82) is 0 Å². The van der Waals surface area contributed by atoms with E-state index in [-0.39, 0.29) is 0 Å². The molecule has 4 N–H and O–H groups in total. The molecule has 3 aromatic heterocycles. The van der Waals surface area contributed by atoms with Gasteiger partial charge in [0.05, 0.1) is 29.6 Å². The number of aromatic amines is 2. The Morgan fingerprint density at radius 1 is 0.946 bits per heavy atom. The van der Waals surface area contributed by atoms with Crippen LogP contribution in [-0.4, -0.2) is 56.2 Å². The zero-order valence-electron chi connectivity index (χ0n) is 20.0. The molecule has 0 atom stereocenters. The highest BCUT2D eigenvalue weighted by molar-refractivity contribution is 5.93. The SMILES string of the molecule is FC(F)(F)c1ccc2[nH]c(CNCCCCOCCNc3cc(-n4cnnc4)cc4[nH]ncc34)cc2c1. The Morgan fingerprint density at radius 2 is 1.81 bits per heavy atom. The lowest BCUT2D eigenvalue weighted by atomic mass is 10.1. The van der Waals surface area contributed by atoms with Crippen LogP contribution in [0.25, 0.3) is 27.5 Å². The van der Waals surface area contributed by atoms with E-state index >= 15 is 0 Å². The first-order valence-electron chi connectivity index (χ1n) is 12.0. The van der Waals surface area contributed by atoms with Gasteiger partial charge in [-0.1, -0.05) is 0 Å². The maximum Gasteiger partial charge on any atom is 0.416 e. The zero-order valence-corrected chi connectivity index (χ0v) is 20.0. The van der Waals surface area contributed by atoms with E-state index in [0.717, 1.165) is 53.4 Å². The number of nitrogens with zero attached hydrogens (tertiary/aromatic N) is 4. The first kappa shape index (κ1) is 24.8. The minimum absolute atomic E-state index is 0.563. The standard InChI is InChI=1S/C25H27F3N8O/c26-25(27,28)18-3-4-22-17(9-18)10-19(34-22)13-29-5-1-2-7-37-8-6-30-23-11-20(36-15-32-33-16-36)12-24-21(23)14-31-35-24/h3-4,9-12,14-16,29-30,34H,1-2,5-8,13H2,(H,31,35). The summed E-state index contributed by atoms with van der Waals surface area (Å²) < 4.78 is 46.2. The number of ether oxygens (including phenoxy) is 1. The fourth-order valence-electron chi connectivity index (χ4n) is 4.17. The monoisotopic (exact) mass is 512 g/mol. The van der Waals surface area contributed by atoms with E-state index in [1.807, 2.05) is 16.7 Å². The molecule has 12 heteroatoms. The van der Waals surface area contributed by atoms with Crippen LogP contribution >= 0.6 is 0 Å². The molecule has 9 nitrogen and oxygen atoms in total. The quantitative estimate of drug-likeness (QED) is 0.181. The van der Waals surface area contributed by atoms with E-state index in [2.05, 4.69) is 36.0 Å². The number of fused-ring (bicyclic) bond motifs is 2. The lowest BCUT2D eigenvalue weighted by Gasteiger charge is -2.11. The highest BCUT2D eigenvalue weighted by Gasteiger charge is 2.30. The summed E-state index contributed by atoms with van der Waals surface area (Å²) in [6.07, 6.45) is 2.58. The average molecular weight is 513 g/mol. The van der Waals surface area contributed by atoms with Crippen molar-refractivity contribution in [2.24, 2.45) is 0 Å². The maximum absolute atomic E-state index is 12.9. The van der Waals surface area contributed by atoms with E-state index in [9.17, 15) is 13.2 Å². The van der Waals surface area contributed by atoms with Crippen molar-refractivity contribution < 1.29 is 17.9 Å². The molecular formula is C25H27F3N8O. The second-order valence-electron chi connectivity index (χ2n) is 8.71. The molecule has 0 aliphatic rings. The molecule has 0 aliphatic carbocycles. The second-order valence-corrected chi connectivity index (χ2v) is 8.71. The van der Waals surface area contributed by atoms with Crippen molar-refractivity contribution in [1.82, 2.24) is 35.3 Å². The molecule has 0 saturated carbocycles. The number of rotatable bonds is 12. The first-order chi connectivity index (χ1) is 18.0. The number of halogens is 3. The molecule has 5 rings (SSSR count). The normalized spacial score (nSPS) is 12.1. The molecule has 0 aliphatic heterocycles. The van der Waals surface area contributed by atoms with Gasteiger partial charge >= 0.3 is 6.18 Å². The van der Waals surface area contributed by atoms with Crippen LogP contribution in [0.4, 0.5) is 18.9 Å². The second kappa shape index (κ2) is 11.0. The fraction of sp³-hybridized carbons (Fsp3) is 0.320. The number of anilines is 1. The molecular weight excluding hydrogens is 485 g/mol. The highest BCUT2D eigenvalue weighted by Crippen LogP contribution is 2.31. The molecule has 3 heterocycles. The Bertz CT molecular complexity index is 1440. The number of alkyl halides is 3. The van der Waals surface area contributed by atoms with E-state index in [0.29, 0.717) is 37.2 Å². The third kappa shape index (κ3) is 6.09. The van der Waals surface area contributed by atoms with Gasteiger partial charge in [0.15, 0.2) is 0 Å². The highest BCUT2D eigenvalue weighted by atomic mass is 19.4. The average Bonchev–Trinajstić information content (AvgIpc) is 3.64. The lowest BCUT2D eigenvalue weighted by molar-refractivity contribution is -0.137. The van der Waals surface area contributed by atoms with Crippen molar-refractivity contribution in [3.05, 3.63) is 66.5 Å². The minimum Gasteiger partial charge on any atom is -0.382 e. The smallest absolute Gasteiger partial charge is 0.382 e. The third-order valence-electron chi connectivity index (χ3n) is 6.03. The van der Waals surface area contributed by atoms with E-state index in [1.54, 1.807) is 24.9 Å². The predicted molar refractivity (Wildman–Crippen MR) is 135 cm³/mol. The summed E-state index contributed by atoms with van der Waals surface area (Å²) in [5, 5.41) is 23.1. The van der Waals surface area contributed by atoms with Crippen LogP contribution in [-0.2, 0) is 17.5 Å². The lowest BCUT2D eigenvalue weighted by Crippen LogP contribution is -2.16. The summed E-state index contributed by atoms with van der Waals surface area (Å²) in [5.41, 5.74) is 3.72. The molecule has 0 radical (unpaired) electrons. The summed E-state index contributed by atoms with van der Waals surface area (Å²) in [5.74, 6) is 0. The molecule has 0 amide bonds. The predicted octanol–water partition coefficient (Wildman–Crippen LogP) is 4.64. The summed E-state index contributed by atoms with van der Waals surface area (Å²) in [6, 6.07) is 9.51. The van der Waals surface area contributed by atoms with Gasteiger partial charge in [-0.05, 0) is 55.8 Å². The van der Waals surface area contributed by atoms with Gasteiger partial charge in [0, 0.05) is 47.4 Å². The van der Waals surface area contributed by atoms with Crippen LogP contribution in [0, 0.1) is 0 Å². The van der Waals surface area contributed by atoms with Crippen molar-refractivity contribution in [3.63, 3.8) is 0 Å². The number of aromatic nitrogens is 6. The molecule has 37 heavy (non-hydrogen) atoms. The zero-order chi connectivity index (χ0) is 25.7. The van der Waals surface area contributed by atoms with E-state index in [1.165, 1.54) is 12.1 Å². The van der Waals surface area contributed by atoms with Crippen LogP contribution in [0.2, 0.25) is 0 Å². The van der Waals surface area contributed by atoms with Gasteiger partial charge in [-0.3, -0.25) is 9.67 Å². The minimum atomic E-state index is -4.34. The summed E-state index contributed by atoms with van der Waals surface area (Å²) in [4.78, 5) is 3.16. The molecule has 0 spiro atoms. The fourth-order valence-corrected chi connectivity index (χ4v) is 4.17. The number of hydrogen-bond donors (Lipinski definition) is 4. The molecule has 5 aromatic rings. The van der Waals surface area contributed by atoms with Gasteiger partial charge in [0.1, 0.15) is 12.7 Å². The third-order valence-corrected chi connectivity index (χ3v) is 6.03. The van der Waals surface area contributed by atoms with Crippen LogP contribution in [0.3, 0.4) is 0 Å². The summed E-state index contributed by atoms with van der Waals surface area (Å²) in [6.45, 7) is 3.23. The molecule has 0 bridgehead atoms. The van der Waals surface area contributed by atoms with Crippen LogP contribution in [0.15, 0.2) is 55.2 Å². The molecule has 0 fully saturated rings. The van der Waals surface area contributed by atoms with Crippen molar-refractivity contribution >= 4 is 27.5 Å². The van der Waals surface area contributed by atoms with Gasteiger partial charge in [0.25, 0.3) is 0 Å². The molecule has 194 valence electrons. The summed E-state index contributed by atoms with van der Waals surface area (Å²) >= 11 is 0. The largest absolute Gasteiger partial charge is 0.416 e. The number of unbranched alkanes of at least 4 members (excludes halogenated alkanes) is 1. The molecule has 0 unspecified atom stereocenters. The molecule has 2 aromatic carbocycles. The Kier molecular flexibility index (Phi) is 7.37. The van der Waals surface area contributed by atoms with Gasteiger partial charge in [-0.2, -0.15) is 18.3 Å². The van der Waals surface area contributed by atoms with Crippen molar-refractivity contribution in [2.45, 2.75) is 25.6 Å². The van der Waals surface area contributed by atoms with Crippen LogP contribution in [0.1, 0.15) is 24.1 Å². The van der Waals surface area contributed by atoms with Gasteiger partial charge in [0.2, 0.25) is 0 Å². The van der Waals surface area contributed by atoms with Crippen molar-refractivity contribution in [2.75, 3.05) is 31.6 Å². The van der Waals surface area contributed by atoms with Crippen molar-refractivity contribution in [3.8, 4) is 5.69 Å². The van der Waals surface area contributed by atoms with E-state index < -0.39 is 11.7 Å². The number of benzene rings is 2.